The number of hydrogen-bond acceptors (Lipinski definition) is 6. The van der Waals surface area contributed by atoms with Crippen molar-refractivity contribution in [2.75, 3.05) is 19.5 Å². The smallest absolute Gasteiger partial charge is 0.290 e. The SMILES string of the molecule is CC1c2ccccc2C(=O)N(C2CCCCC2NS(C)(=O)=O)C1c1ccc2c(c1)OCCO2.O=CO. The van der Waals surface area contributed by atoms with Gasteiger partial charge in [-0.05, 0) is 42.2 Å². The number of rotatable bonds is 4. The Bertz CT molecular complexity index is 1220. The first-order valence-corrected chi connectivity index (χ1v) is 14.0. The first-order chi connectivity index (χ1) is 17.2. The highest BCUT2D eigenvalue weighted by atomic mass is 32.2. The van der Waals surface area contributed by atoms with Gasteiger partial charge in [0.25, 0.3) is 12.4 Å². The summed E-state index contributed by atoms with van der Waals surface area (Å²) < 4.78 is 38.6. The average molecular weight is 517 g/mol. The van der Waals surface area contributed by atoms with Gasteiger partial charge in [0.05, 0.1) is 12.3 Å². The molecule has 2 aliphatic heterocycles. The predicted molar refractivity (Wildman–Crippen MR) is 134 cm³/mol. The van der Waals surface area contributed by atoms with Gasteiger partial charge in [0.1, 0.15) is 13.2 Å². The van der Waals surface area contributed by atoms with E-state index in [0.717, 1.165) is 30.4 Å². The minimum absolute atomic E-state index is 0.0299. The van der Waals surface area contributed by atoms with Gasteiger partial charge in [0.2, 0.25) is 10.0 Å². The molecule has 2 aromatic rings. The van der Waals surface area contributed by atoms with E-state index >= 15 is 0 Å². The molecule has 10 heteroatoms. The van der Waals surface area contributed by atoms with Crippen molar-refractivity contribution in [2.45, 2.75) is 56.7 Å². The molecule has 4 unspecified atom stereocenters. The molecule has 0 bridgehead atoms. The lowest BCUT2D eigenvalue weighted by atomic mass is 9.78. The van der Waals surface area contributed by atoms with Crippen LogP contribution in [0.15, 0.2) is 42.5 Å². The molecule has 1 fully saturated rings. The number of carbonyl (C=O) groups excluding carboxylic acids is 1. The van der Waals surface area contributed by atoms with Gasteiger partial charge in [0, 0.05) is 23.6 Å². The van der Waals surface area contributed by atoms with E-state index in [1.165, 1.54) is 6.26 Å². The fraction of sp³-hybridized carbons (Fsp3) is 0.462. The summed E-state index contributed by atoms with van der Waals surface area (Å²) >= 11 is 0. The summed E-state index contributed by atoms with van der Waals surface area (Å²) in [6, 6.07) is 12.9. The Labute approximate surface area is 211 Å². The largest absolute Gasteiger partial charge is 0.486 e. The third-order valence-electron chi connectivity index (χ3n) is 7.05. The van der Waals surface area contributed by atoms with Crippen LogP contribution in [0.25, 0.3) is 0 Å². The van der Waals surface area contributed by atoms with Gasteiger partial charge in [0.15, 0.2) is 11.5 Å². The first-order valence-electron chi connectivity index (χ1n) is 12.1. The van der Waals surface area contributed by atoms with Crippen molar-refractivity contribution >= 4 is 22.4 Å². The maximum atomic E-state index is 13.9. The van der Waals surface area contributed by atoms with E-state index in [1.807, 2.05) is 47.4 Å². The molecule has 2 heterocycles. The minimum atomic E-state index is -3.41. The Morgan fingerprint density at radius 3 is 2.44 bits per heavy atom. The number of fused-ring (bicyclic) bond motifs is 2. The Kier molecular flexibility index (Phi) is 7.85. The summed E-state index contributed by atoms with van der Waals surface area (Å²) in [6.45, 7) is 2.90. The molecule has 1 saturated carbocycles. The molecule has 4 atom stereocenters. The van der Waals surface area contributed by atoms with Crippen molar-refractivity contribution in [3.8, 4) is 11.5 Å². The Hall–Kier alpha value is -3.11. The molecule has 9 nitrogen and oxygen atoms in total. The van der Waals surface area contributed by atoms with Crippen LogP contribution in [0.4, 0.5) is 0 Å². The summed E-state index contributed by atoms with van der Waals surface area (Å²) in [5, 5.41) is 6.89. The molecule has 1 aliphatic carbocycles. The van der Waals surface area contributed by atoms with Crippen LogP contribution in [0.5, 0.6) is 11.5 Å². The van der Waals surface area contributed by atoms with E-state index in [4.69, 9.17) is 19.4 Å². The van der Waals surface area contributed by atoms with Gasteiger partial charge in [-0.2, -0.15) is 0 Å². The van der Waals surface area contributed by atoms with Crippen LogP contribution in [-0.2, 0) is 14.8 Å². The van der Waals surface area contributed by atoms with Gasteiger partial charge in [-0.15, -0.1) is 0 Å². The fourth-order valence-electron chi connectivity index (χ4n) is 5.67. The molecule has 0 radical (unpaired) electrons. The third-order valence-corrected chi connectivity index (χ3v) is 7.78. The molecule has 0 aromatic heterocycles. The first kappa shape index (κ1) is 26.0. The van der Waals surface area contributed by atoms with Crippen LogP contribution in [0.3, 0.4) is 0 Å². The van der Waals surface area contributed by atoms with Crippen molar-refractivity contribution in [2.24, 2.45) is 0 Å². The van der Waals surface area contributed by atoms with E-state index in [1.54, 1.807) is 0 Å². The Morgan fingerprint density at radius 1 is 1.06 bits per heavy atom. The second-order valence-corrected chi connectivity index (χ2v) is 11.2. The molecule has 0 saturated heterocycles. The van der Waals surface area contributed by atoms with E-state index in [-0.39, 0.29) is 36.4 Å². The van der Waals surface area contributed by atoms with Gasteiger partial charge < -0.3 is 19.5 Å². The number of ether oxygens (including phenoxy) is 2. The molecule has 2 N–H and O–H groups in total. The number of hydrogen-bond donors (Lipinski definition) is 2. The molecule has 1 amide bonds. The number of carbonyl (C=O) groups is 2. The van der Waals surface area contributed by atoms with E-state index in [0.29, 0.717) is 36.7 Å². The van der Waals surface area contributed by atoms with E-state index in [9.17, 15) is 13.2 Å². The molecule has 36 heavy (non-hydrogen) atoms. The number of amides is 1. The molecule has 0 spiro atoms. The maximum absolute atomic E-state index is 13.9. The molecule has 2 aromatic carbocycles. The Morgan fingerprint density at radius 2 is 1.72 bits per heavy atom. The standard InChI is InChI=1S/C25H30N2O5S.CH2O2/c1-16-18-7-3-4-8-19(18)25(28)27(21-10-6-5-9-20(21)26-33(2,29)30)24(16)17-11-12-22-23(15-17)32-14-13-31-22;2-1-3/h3-4,7-8,11-12,15-16,20-21,24,26H,5-6,9-10,13-14H2,1-2H3;1H,(H,2,3). The zero-order valence-electron chi connectivity index (χ0n) is 20.4. The van der Waals surface area contributed by atoms with E-state index in [2.05, 4.69) is 11.6 Å². The summed E-state index contributed by atoms with van der Waals surface area (Å²) in [5.74, 6) is 1.38. The minimum Gasteiger partial charge on any atom is -0.486 e. The highest BCUT2D eigenvalue weighted by Crippen LogP contribution is 2.47. The van der Waals surface area contributed by atoms with Crippen molar-refractivity contribution in [1.82, 2.24) is 9.62 Å². The highest BCUT2D eigenvalue weighted by Gasteiger charge is 2.45. The summed E-state index contributed by atoms with van der Waals surface area (Å²) in [7, 11) is -3.41. The lowest BCUT2D eigenvalue weighted by Crippen LogP contribution is -2.57. The van der Waals surface area contributed by atoms with Crippen LogP contribution in [0.1, 0.15) is 66.1 Å². The zero-order valence-corrected chi connectivity index (χ0v) is 21.2. The van der Waals surface area contributed by atoms with Gasteiger partial charge in [-0.25, -0.2) is 13.1 Å². The van der Waals surface area contributed by atoms with Crippen molar-refractivity contribution in [3.05, 3.63) is 59.2 Å². The number of nitrogens with one attached hydrogen (secondary N) is 1. The van der Waals surface area contributed by atoms with Gasteiger partial charge in [-0.3, -0.25) is 9.59 Å². The third kappa shape index (κ3) is 5.34. The summed E-state index contributed by atoms with van der Waals surface area (Å²) in [4.78, 5) is 24.2. The lowest BCUT2D eigenvalue weighted by Gasteiger charge is -2.49. The second kappa shape index (κ2) is 10.9. The normalized spacial score (nSPS) is 25.3. The van der Waals surface area contributed by atoms with Crippen LogP contribution < -0.4 is 14.2 Å². The summed E-state index contributed by atoms with van der Waals surface area (Å²) in [5.41, 5.74) is 2.68. The van der Waals surface area contributed by atoms with Crippen LogP contribution in [0, 0.1) is 0 Å². The maximum Gasteiger partial charge on any atom is 0.290 e. The average Bonchev–Trinajstić information content (AvgIpc) is 2.86. The number of carboxylic acid groups (broad SMARTS) is 1. The molecular formula is C26H32N2O7S. The molecular weight excluding hydrogens is 484 g/mol. The van der Waals surface area contributed by atoms with Crippen molar-refractivity contribution in [1.29, 1.82) is 0 Å². The van der Waals surface area contributed by atoms with Crippen LogP contribution in [0.2, 0.25) is 0 Å². The van der Waals surface area contributed by atoms with Gasteiger partial charge >= 0.3 is 0 Å². The topological polar surface area (TPSA) is 122 Å². The highest BCUT2D eigenvalue weighted by molar-refractivity contribution is 7.88. The molecule has 5 rings (SSSR count). The molecule has 3 aliphatic rings. The van der Waals surface area contributed by atoms with E-state index < -0.39 is 10.0 Å². The Balaban J connectivity index is 0.000000967. The summed E-state index contributed by atoms with van der Waals surface area (Å²) in [6.07, 6.45) is 4.56. The molecule has 194 valence electrons. The van der Waals surface area contributed by atoms with Gasteiger partial charge in [-0.1, -0.05) is 44.0 Å². The second-order valence-electron chi connectivity index (χ2n) is 9.39. The number of sulfonamides is 1. The monoisotopic (exact) mass is 516 g/mol. The zero-order chi connectivity index (χ0) is 25.9. The predicted octanol–water partition coefficient (Wildman–Crippen LogP) is 3.32. The number of benzene rings is 2. The van der Waals surface area contributed by atoms with Crippen molar-refractivity contribution < 1.29 is 32.6 Å². The van der Waals surface area contributed by atoms with Crippen LogP contribution >= 0.6 is 0 Å². The van der Waals surface area contributed by atoms with Crippen LogP contribution in [-0.4, -0.2) is 62.4 Å². The lowest BCUT2D eigenvalue weighted by molar-refractivity contribution is -0.122. The quantitative estimate of drug-likeness (QED) is 0.598. The number of nitrogens with zero attached hydrogens (tertiary/aromatic N) is 1. The van der Waals surface area contributed by atoms with Crippen molar-refractivity contribution in [3.63, 3.8) is 0 Å². The fourth-order valence-corrected chi connectivity index (χ4v) is 6.50.